The molecule has 0 radical (unpaired) electrons. The number of hydrogen-bond donors (Lipinski definition) is 1. The van der Waals surface area contributed by atoms with Crippen molar-refractivity contribution in [1.29, 1.82) is 0 Å². The van der Waals surface area contributed by atoms with Crippen molar-refractivity contribution in [1.82, 2.24) is 4.98 Å². The average molecular weight is 401 g/mol. The summed E-state index contributed by atoms with van der Waals surface area (Å²) in [7, 11) is 0. The van der Waals surface area contributed by atoms with E-state index in [1.54, 1.807) is 17.1 Å². The number of rotatable bonds is 3. The molecule has 3 aromatic rings. The SMILES string of the molecule is Cc1ccc([C@@H]2CC(c3cc4c([nH]c3=O)CCCC4)=NN2c2ccccc2F)cc1. The van der Waals surface area contributed by atoms with E-state index in [1.807, 2.05) is 19.1 Å². The number of hydrogen-bond acceptors (Lipinski definition) is 3. The first-order chi connectivity index (χ1) is 14.6. The Kier molecular flexibility index (Phi) is 4.74. The summed E-state index contributed by atoms with van der Waals surface area (Å²) in [4.78, 5) is 15.9. The minimum atomic E-state index is -0.320. The Morgan fingerprint density at radius 3 is 2.63 bits per heavy atom. The number of anilines is 1. The maximum absolute atomic E-state index is 14.6. The average Bonchev–Trinajstić information content (AvgIpc) is 3.19. The van der Waals surface area contributed by atoms with Gasteiger partial charge in [-0.2, -0.15) is 5.10 Å². The number of aromatic amines is 1. The number of benzene rings is 2. The van der Waals surface area contributed by atoms with E-state index in [4.69, 9.17) is 5.10 Å². The van der Waals surface area contributed by atoms with Gasteiger partial charge in [0.2, 0.25) is 0 Å². The summed E-state index contributed by atoms with van der Waals surface area (Å²) in [6.45, 7) is 2.04. The van der Waals surface area contributed by atoms with E-state index in [9.17, 15) is 9.18 Å². The predicted octanol–water partition coefficient (Wildman–Crippen LogP) is 5.06. The Hall–Kier alpha value is -3.21. The first-order valence-corrected chi connectivity index (χ1v) is 10.5. The van der Waals surface area contributed by atoms with E-state index in [2.05, 4.69) is 29.2 Å². The van der Waals surface area contributed by atoms with Gasteiger partial charge < -0.3 is 4.98 Å². The van der Waals surface area contributed by atoms with Gasteiger partial charge in [-0.1, -0.05) is 42.0 Å². The maximum atomic E-state index is 14.6. The Morgan fingerprint density at radius 2 is 1.83 bits per heavy atom. The van der Waals surface area contributed by atoms with E-state index in [0.717, 1.165) is 36.9 Å². The highest BCUT2D eigenvalue weighted by Crippen LogP contribution is 2.37. The van der Waals surface area contributed by atoms with Gasteiger partial charge in [0.1, 0.15) is 5.82 Å². The van der Waals surface area contributed by atoms with Crippen LogP contribution in [0.4, 0.5) is 10.1 Å². The molecule has 0 saturated carbocycles. The van der Waals surface area contributed by atoms with Gasteiger partial charge in [-0.05, 0) is 61.9 Å². The third kappa shape index (κ3) is 3.34. The lowest BCUT2D eigenvalue weighted by Crippen LogP contribution is -2.22. The van der Waals surface area contributed by atoms with Crippen LogP contribution in [0.2, 0.25) is 0 Å². The van der Waals surface area contributed by atoms with E-state index in [0.29, 0.717) is 23.4 Å². The number of H-pyrrole nitrogens is 1. The predicted molar refractivity (Wildman–Crippen MR) is 118 cm³/mol. The quantitative estimate of drug-likeness (QED) is 0.667. The van der Waals surface area contributed by atoms with Gasteiger partial charge in [0.05, 0.1) is 23.0 Å². The summed E-state index contributed by atoms with van der Waals surface area (Å²) in [5, 5.41) is 6.50. The summed E-state index contributed by atoms with van der Waals surface area (Å²) in [6.07, 6.45) is 4.70. The number of nitrogens with one attached hydrogen (secondary N) is 1. The fourth-order valence-corrected chi connectivity index (χ4v) is 4.47. The first-order valence-electron chi connectivity index (χ1n) is 10.5. The number of nitrogens with zero attached hydrogens (tertiary/aromatic N) is 2. The Bertz CT molecular complexity index is 1180. The van der Waals surface area contributed by atoms with Gasteiger partial charge >= 0.3 is 0 Å². The number of pyridine rings is 1. The zero-order chi connectivity index (χ0) is 20.7. The lowest BCUT2D eigenvalue weighted by Gasteiger charge is -2.24. The summed E-state index contributed by atoms with van der Waals surface area (Å²) in [5.74, 6) is -0.320. The van der Waals surface area contributed by atoms with Crippen molar-refractivity contribution in [2.24, 2.45) is 5.10 Å². The van der Waals surface area contributed by atoms with Crippen molar-refractivity contribution in [2.75, 3.05) is 5.01 Å². The largest absolute Gasteiger partial charge is 0.325 e. The number of halogens is 1. The number of hydrazone groups is 1. The molecule has 1 aliphatic carbocycles. The summed E-state index contributed by atoms with van der Waals surface area (Å²) >= 11 is 0. The van der Waals surface area contributed by atoms with Crippen molar-refractivity contribution in [3.05, 3.63) is 98.7 Å². The second-order valence-corrected chi connectivity index (χ2v) is 8.20. The molecule has 1 N–H and O–H groups in total. The summed E-state index contributed by atoms with van der Waals surface area (Å²) < 4.78 is 14.6. The Morgan fingerprint density at radius 1 is 1.07 bits per heavy atom. The molecule has 1 aliphatic heterocycles. The standard InChI is InChI=1S/C25H24FN3O/c1-16-10-12-17(13-11-16)24-15-22(28-29(24)23-9-5-3-7-20(23)26)19-14-18-6-2-4-8-21(18)27-25(19)30/h3,5,7,9-14,24H,2,4,6,8,15H2,1H3,(H,27,30)/t24-/m0/s1. The topological polar surface area (TPSA) is 48.5 Å². The molecule has 2 aliphatic rings. The molecule has 1 atom stereocenters. The lowest BCUT2D eigenvalue weighted by molar-refractivity contribution is 0.606. The van der Waals surface area contributed by atoms with E-state index in [1.165, 1.54) is 17.2 Å². The number of fused-ring (bicyclic) bond motifs is 1. The van der Waals surface area contributed by atoms with Gasteiger partial charge in [-0.15, -0.1) is 0 Å². The molecule has 0 spiro atoms. The van der Waals surface area contributed by atoms with Gasteiger partial charge in [-0.3, -0.25) is 9.80 Å². The van der Waals surface area contributed by atoms with E-state index < -0.39 is 0 Å². The molecular formula is C25H24FN3O. The van der Waals surface area contributed by atoms with Crippen LogP contribution >= 0.6 is 0 Å². The van der Waals surface area contributed by atoms with Crippen LogP contribution < -0.4 is 10.6 Å². The fourth-order valence-electron chi connectivity index (χ4n) is 4.47. The summed E-state index contributed by atoms with van der Waals surface area (Å²) in [6, 6.07) is 16.7. The van der Waals surface area contributed by atoms with Crippen LogP contribution in [0.25, 0.3) is 0 Å². The highest BCUT2D eigenvalue weighted by atomic mass is 19.1. The smallest absolute Gasteiger partial charge is 0.257 e. The molecule has 152 valence electrons. The molecule has 0 unspecified atom stereocenters. The van der Waals surface area contributed by atoms with E-state index >= 15 is 0 Å². The van der Waals surface area contributed by atoms with Crippen LogP contribution in [0, 0.1) is 12.7 Å². The number of aryl methyl sites for hydroxylation is 3. The molecule has 2 aromatic carbocycles. The van der Waals surface area contributed by atoms with Crippen molar-refractivity contribution in [3.63, 3.8) is 0 Å². The highest BCUT2D eigenvalue weighted by Gasteiger charge is 2.32. The van der Waals surface area contributed by atoms with Gasteiger partial charge in [0.25, 0.3) is 5.56 Å². The van der Waals surface area contributed by atoms with Gasteiger partial charge in [0, 0.05) is 12.1 Å². The maximum Gasteiger partial charge on any atom is 0.257 e. The third-order valence-corrected chi connectivity index (χ3v) is 6.12. The van der Waals surface area contributed by atoms with Crippen molar-refractivity contribution in [3.8, 4) is 0 Å². The molecule has 0 bridgehead atoms. The molecule has 4 nitrogen and oxygen atoms in total. The molecule has 5 heteroatoms. The van der Waals surface area contributed by atoms with Gasteiger partial charge in [0.15, 0.2) is 0 Å². The van der Waals surface area contributed by atoms with Crippen LogP contribution in [-0.2, 0) is 12.8 Å². The zero-order valence-electron chi connectivity index (χ0n) is 17.0. The molecule has 0 saturated heterocycles. The molecular weight excluding hydrogens is 377 g/mol. The second kappa shape index (κ2) is 7.56. The fraction of sp³-hybridized carbons (Fsp3) is 0.280. The second-order valence-electron chi connectivity index (χ2n) is 8.20. The normalized spacial score (nSPS) is 18.3. The first kappa shape index (κ1) is 18.8. The molecule has 0 fully saturated rings. The van der Waals surface area contributed by atoms with Crippen LogP contribution in [0.3, 0.4) is 0 Å². The third-order valence-electron chi connectivity index (χ3n) is 6.12. The van der Waals surface area contributed by atoms with Crippen LogP contribution in [-0.4, -0.2) is 10.7 Å². The van der Waals surface area contributed by atoms with Gasteiger partial charge in [-0.25, -0.2) is 4.39 Å². The molecule has 2 heterocycles. The minimum Gasteiger partial charge on any atom is -0.325 e. The Balaban J connectivity index is 1.60. The van der Waals surface area contributed by atoms with Crippen molar-refractivity contribution < 1.29 is 4.39 Å². The molecule has 5 rings (SSSR count). The van der Waals surface area contributed by atoms with Crippen LogP contribution in [0.15, 0.2) is 64.5 Å². The van der Waals surface area contributed by atoms with Crippen LogP contribution in [0.5, 0.6) is 0 Å². The monoisotopic (exact) mass is 401 g/mol. The zero-order valence-corrected chi connectivity index (χ0v) is 17.0. The van der Waals surface area contributed by atoms with Crippen molar-refractivity contribution >= 4 is 11.4 Å². The lowest BCUT2D eigenvalue weighted by atomic mass is 9.92. The molecule has 0 amide bonds. The number of aromatic nitrogens is 1. The molecule has 30 heavy (non-hydrogen) atoms. The number of para-hydroxylation sites is 1. The molecule has 1 aromatic heterocycles. The van der Waals surface area contributed by atoms with Crippen molar-refractivity contribution in [2.45, 2.75) is 45.1 Å². The van der Waals surface area contributed by atoms with E-state index in [-0.39, 0.29) is 17.4 Å². The minimum absolute atomic E-state index is 0.104. The summed E-state index contributed by atoms with van der Waals surface area (Å²) in [5.41, 5.74) is 6.10. The Labute approximate surface area is 175 Å². The van der Waals surface area contributed by atoms with Crippen LogP contribution in [0.1, 0.15) is 53.3 Å². The highest BCUT2D eigenvalue weighted by molar-refractivity contribution is 6.03.